The van der Waals surface area contributed by atoms with E-state index in [9.17, 15) is 9.59 Å². The smallest absolute Gasteiger partial charge is 0.323 e. The minimum atomic E-state index is -0.828. The van der Waals surface area contributed by atoms with E-state index in [2.05, 4.69) is 0 Å². The molecule has 0 radical (unpaired) electrons. The number of hydrogen-bond donors (Lipinski definition) is 2. The predicted octanol–water partition coefficient (Wildman–Crippen LogP) is -1.53. The highest BCUT2D eigenvalue weighted by Gasteiger charge is 2.21. The van der Waals surface area contributed by atoms with Crippen LogP contribution < -0.4 is 11.3 Å². The predicted molar refractivity (Wildman–Crippen MR) is 46.4 cm³/mol. The van der Waals surface area contributed by atoms with Crippen molar-refractivity contribution >= 4 is 11.8 Å². The highest BCUT2D eigenvalue weighted by Crippen LogP contribution is 1.96. The summed E-state index contributed by atoms with van der Waals surface area (Å²) in [5.41, 5.74) is 1.77. The van der Waals surface area contributed by atoms with Crippen molar-refractivity contribution in [2.75, 3.05) is 20.8 Å². The van der Waals surface area contributed by atoms with Crippen molar-refractivity contribution in [3.05, 3.63) is 0 Å². The van der Waals surface area contributed by atoms with E-state index < -0.39 is 11.8 Å². The Bertz CT molecular complexity index is 195. The van der Waals surface area contributed by atoms with E-state index in [1.807, 2.05) is 0 Å². The summed E-state index contributed by atoms with van der Waals surface area (Å²) in [4.78, 5) is 23.2. The van der Waals surface area contributed by atoms with Crippen LogP contribution in [0, 0.1) is 0 Å². The monoisotopic (exact) mass is 189 g/mol. The van der Waals surface area contributed by atoms with Crippen LogP contribution in [0.25, 0.3) is 0 Å². The van der Waals surface area contributed by atoms with Gasteiger partial charge in [-0.15, -0.1) is 0 Å². The Morgan fingerprint density at radius 1 is 1.62 bits per heavy atom. The van der Waals surface area contributed by atoms with Crippen LogP contribution in [-0.2, 0) is 14.3 Å². The second-order valence-electron chi connectivity index (χ2n) is 2.69. The first-order valence-electron chi connectivity index (χ1n) is 3.81. The second-order valence-corrected chi connectivity index (χ2v) is 2.69. The van der Waals surface area contributed by atoms with Crippen molar-refractivity contribution in [2.45, 2.75) is 13.0 Å². The molecule has 0 aromatic heterocycles. The average molecular weight is 189 g/mol. The zero-order chi connectivity index (χ0) is 10.4. The lowest BCUT2D eigenvalue weighted by Gasteiger charge is -2.22. The van der Waals surface area contributed by atoms with Gasteiger partial charge in [0.1, 0.15) is 0 Å². The third-order valence-electron chi connectivity index (χ3n) is 1.71. The van der Waals surface area contributed by atoms with Crippen molar-refractivity contribution in [1.29, 1.82) is 0 Å². The van der Waals surface area contributed by atoms with Gasteiger partial charge in [0.15, 0.2) is 0 Å². The summed E-state index contributed by atoms with van der Waals surface area (Å²) in [6, 6.07) is -0.158. The van der Waals surface area contributed by atoms with Crippen molar-refractivity contribution in [2.24, 2.45) is 5.84 Å². The first-order valence-corrected chi connectivity index (χ1v) is 3.81. The van der Waals surface area contributed by atoms with Crippen LogP contribution in [0.4, 0.5) is 0 Å². The number of likely N-dealkylation sites (N-methyl/N-ethyl adjacent to an activating group) is 1. The maximum Gasteiger partial charge on any atom is 0.323 e. The molecule has 13 heavy (non-hydrogen) atoms. The number of carbonyl (C=O) groups is 2. The maximum atomic E-state index is 11.2. The molecule has 0 aliphatic rings. The van der Waals surface area contributed by atoms with E-state index >= 15 is 0 Å². The summed E-state index contributed by atoms with van der Waals surface area (Å²) in [6.45, 7) is 2.14. The van der Waals surface area contributed by atoms with Crippen molar-refractivity contribution in [3.8, 4) is 0 Å². The Labute approximate surface area is 77.0 Å². The van der Waals surface area contributed by atoms with Gasteiger partial charge in [0.2, 0.25) is 0 Å². The Hall–Kier alpha value is -1.14. The lowest BCUT2D eigenvalue weighted by atomic mass is 10.3. The van der Waals surface area contributed by atoms with Gasteiger partial charge in [0.25, 0.3) is 0 Å². The quantitative estimate of drug-likeness (QED) is 0.244. The molecule has 0 spiro atoms. The summed E-state index contributed by atoms with van der Waals surface area (Å²) < 4.78 is 4.83. The number of nitrogens with two attached hydrogens (primary N) is 1. The number of rotatable bonds is 3. The van der Waals surface area contributed by atoms with Crippen LogP contribution in [0.3, 0.4) is 0 Å². The van der Waals surface area contributed by atoms with E-state index in [-0.39, 0.29) is 6.04 Å². The molecule has 2 amide bonds. The molecule has 0 saturated carbocycles. The second kappa shape index (κ2) is 5.50. The first-order chi connectivity index (χ1) is 6.04. The number of amides is 2. The van der Waals surface area contributed by atoms with E-state index in [0.717, 1.165) is 0 Å². The SMILES string of the molecule is COCC(C)N(C)C(=O)C(=O)NN. The number of nitrogens with one attached hydrogen (secondary N) is 1. The summed E-state index contributed by atoms with van der Waals surface area (Å²) in [6.07, 6.45) is 0. The average Bonchev–Trinajstić information content (AvgIpc) is 2.14. The first kappa shape index (κ1) is 11.9. The molecule has 6 nitrogen and oxygen atoms in total. The van der Waals surface area contributed by atoms with Crippen molar-refractivity contribution < 1.29 is 14.3 Å². The van der Waals surface area contributed by atoms with E-state index in [1.165, 1.54) is 19.1 Å². The fraction of sp³-hybridized carbons (Fsp3) is 0.714. The van der Waals surface area contributed by atoms with Crippen LogP contribution in [0.1, 0.15) is 6.92 Å². The number of hydrazine groups is 1. The van der Waals surface area contributed by atoms with E-state index in [0.29, 0.717) is 6.61 Å². The van der Waals surface area contributed by atoms with Gasteiger partial charge in [-0.05, 0) is 6.92 Å². The van der Waals surface area contributed by atoms with Gasteiger partial charge >= 0.3 is 11.8 Å². The fourth-order valence-corrected chi connectivity index (χ4v) is 0.775. The topological polar surface area (TPSA) is 84.7 Å². The van der Waals surface area contributed by atoms with Gasteiger partial charge in [-0.1, -0.05) is 0 Å². The molecule has 0 bridgehead atoms. The Morgan fingerprint density at radius 3 is 2.54 bits per heavy atom. The Morgan fingerprint density at radius 2 is 2.15 bits per heavy atom. The lowest BCUT2D eigenvalue weighted by Crippen LogP contribution is -2.48. The summed E-state index contributed by atoms with van der Waals surface area (Å²) in [5, 5.41) is 0. The van der Waals surface area contributed by atoms with Crippen LogP contribution in [-0.4, -0.2) is 43.5 Å². The molecule has 0 saturated heterocycles. The zero-order valence-corrected chi connectivity index (χ0v) is 8.03. The summed E-state index contributed by atoms with van der Waals surface area (Å²) in [5.74, 6) is 3.30. The Kier molecular flexibility index (Phi) is 5.01. The van der Waals surface area contributed by atoms with Crippen molar-refractivity contribution in [1.82, 2.24) is 10.3 Å². The van der Waals surface area contributed by atoms with E-state index in [1.54, 1.807) is 12.3 Å². The Balaban J connectivity index is 4.16. The van der Waals surface area contributed by atoms with E-state index in [4.69, 9.17) is 10.6 Å². The molecule has 1 atom stereocenters. The van der Waals surface area contributed by atoms with Gasteiger partial charge in [0.05, 0.1) is 12.6 Å². The van der Waals surface area contributed by atoms with Gasteiger partial charge < -0.3 is 9.64 Å². The summed E-state index contributed by atoms with van der Waals surface area (Å²) >= 11 is 0. The third kappa shape index (κ3) is 3.39. The van der Waals surface area contributed by atoms with Crippen LogP contribution in [0.2, 0.25) is 0 Å². The molecule has 0 aliphatic carbocycles. The molecular weight excluding hydrogens is 174 g/mol. The largest absolute Gasteiger partial charge is 0.383 e. The standard InChI is InChI=1S/C7H15N3O3/c1-5(4-13-3)10(2)7(12)6(11)9-8/h5H,4,8H2,1-3H3,(H,9,11). The van der Waals surface area contributed by atoms with Crippen LogP contribution >= 0.6 is 0 Å². The van der Waals surface area contributed by atoms with Gasteiger partial charge in [-0.2, -0.15) is 0 Å². The molecule has 0 aromatic rings. The summed E-state index contributed by atoms with van der Waals surface area (Å²) in [7, 11) is 3.04. The molecular formula is C7H15N3O3. The molecule has 0 rings (SSSR count). The number of hydrogen-bond acceptors (Lipinski definition) is 4. The highest BCUT2D eigenvalue weighted by molar-refractivity contribution is 6.34. The highest BCUT2D eigenvalue weighted by atomic mass is 16.5. The maximum absolute atomic E-state index is 11.2. The molecule has 0 aliphatic heterocycles. The third-order valence-corrected chi connectivity index (χ3v) is 1.71. The number of methoxy groups -OCH3 is 1. The molecule has 76 valence electrons. The number of nitrogens with zero attached hydrogens (tertiary/aromatic N) is 1. The van der Waals surface area contributed by atoms with Crippen LogP contribution in [0.15, 0.2) is 0 Å². The lowest BCUT2D eigenvalue weighted by molar-refractivity contribution is -0.146. The molecule has 6 heteroatoms. The molecule has 3 N–H and O–H groups in total. The van der Waals surface area contributed by atoms with Gasteiger partial charge in [-0.25, -0.2) is 5.84 Å². The number of carbonyl (C=O) groups excluding carboxylic acids is 2. The number of ether oxygens (including phenoxy) is 1. The fourth-order valence-electron chi connectivity index (χ4n) is 0.775. The zero-order valence-electron chi connectivity index (χ0n) is 8.03. The molecule has 0 fully saturated rings. The normalized spacial score (nSPS) is 12.0. The molecule has 0 heterocycles. The van der Waals surface area contributed by atoms with Crippen LogP contribution in [0.5, 0.6) is 0 Å². The molecule has 1 unspecified atom stereocenters. The van der Waals surface area contributed by atoms with Gasteiger partial charge in [0, 0.05) is 14.2 Å². The van der Waals surface area contributed by atoms with Crippen molar-refractivity contribution in [3.63, 3.8) is 0 Å². The molecule has 0 aromatic carbocycles. The minimum Gasteiger partial charge on any atom is -0.383 e. The minimum absolute atomic E-state index is 0.158. The van der Waals surface area contributed by atoms with Gasteiger partial charge in [-0.3, -0.25) is 15.0 Å².